The molecule has 1 saturated carbocycles. The summed E-state index contributed by atoms with van der Waals surface area (Å²) in [6, 6.07) is 0.683. The molecule has 1 unspecified atom stereocenters. The van der Waals surface area contributed by atoms with E-state index in [1.54, 1.807) is 0 Å². The van der Waals surface area contributed by atoms with Crippen molar-refractivity contribution in [3.8, 4) is 0 Å². The topological polar surface area (TPSA) is 21.3 Å². The average Bonchev–Trinajstić information content (AvgIpc) is 2.76. The number of nitrogens with one attached hydrogen (secondary N) is 1. The van der Waals surface area contributed by atoms with Gasteiger partial charge in [-0.15, -0.1) is 0 Å². The smallest absolute Gasteiger partial charge is 0.0622 e. The Morgan fingerprint density at radius 3 is 3.00 bits per heavy atom. The second kappa shape index (κ2) is 2.89. The lowest BCUT2D eigenvalue weighted by Crippen LogP contribution is -2.33. The first-order valence-corrected chi connectivity index (χ1v) is 4.28. The lowest BCUT2D eigenvalue weighted by Gasteiger charge is -2.12. The minimum atomic E-state index is 0.683. The Bertz CT molecular complexity index is 104. The summed E-state index contributed by atoms with van der Waals surface area (Å²) < 4.78 is 5.45. The van der Waals surface area contributed by atoms with Crippen molar-refractivity contribution in [2.24, 2.45) is 5.92 Å². The van der Waals surface area contributed by atoms with E-state index in [1.165, 1.54) is 19.3 Å². The molecule has 1 heterocycles. The Hall–Kier alpha value is -0.0800. The first-order chi connectivity index (χ1) is 4.97. The standard InChI is InChI=1S/C8H15NO/c1-4-9-8(6-10-5-1)7-2-3-7/h7-9H,1-6H2. The molecule has 0 bridgehead atoms. The van der Waals surface area contributed by atoms with E-state index >= 15 is 0 Å². The molecule has 2 rings (SSSR count). The predicted molar refractivity (Wildman–Crippen MR) is 40.0 cm³/mol. The fourth-order valence-corrected chi connectivity index (χ4v) is 1.53. The highest BCUT2D eigenvalue weighted by molar-refractivity contribution is 4.86. The van der Waals surface area contributed by atoms with Crippen LogP contribution >= 0.6 is 0 Å². The summed E-state index contributed by atoms with van der Waals surface area (Å²) in [6.07, 6.45) is 4.02. The van der Waals surface area contributed by atoms with Gasteiger partial charge in [-0.05, 0) is 31.7 Å². The zero-order valence-corrected chi connectivity index (χ0v) is 6.31. The summed E-state index contributed by atoms with van der Waals surface area (Å²) in [6.45, 7) is 3.06. The molecule has 2 fully saturated rings. The van der Waals surface area contributed by atoms with E-state index in [-0.39, 0.29) is 0 Å². The molecule has 1 saturated heterocycles. The second-order valence-electron chi connectivity index (χ2n) is 3.33. The number of hydrogen-bond acceptors (Lipinski definition) is 2. The largest absolute Gasteiger partial charge is 0.380 e. The highest BCUT2D eigenvalue weighted by Crippen LogP contribution is 2.33. The Labute approximate surface area is 61.9 Å². The van der Waals surface area contributed by atoms with Gasteiger partial charge in [0.25, 0.3) is 0 Å². The monoisotopic (exact) mass is 141 g/mol. The summed E-state index contributed by atoms with van der Waals surface area (Å²) in [7, 11) is 0. The third-order valence-corrected chi connectivity index (χ3v) is 2.36. The average molecular weight is 141 g/mol. The fourth-order valence-electron chi connectivity index (χ4n) is 1.53. The molecular weight excluding hydrogens is 126 g/mol. The van der Waals surface area contributed by atoms with Gasteiger partial charge in [0, 0.05) is 12.6 Å². The quantitative estimate of drug-likeness (QED) is 0.582. The normalized spacial score (nSPS) is 35.4. The molecule has 0 amide bonds. The van der Waals surface area contributed by atoms with E-state index < -0.39 is 0 Å². The molecule has 0 aromatic carbocycles. The maximum Gasteiger partial charge on any atom is 0.0622 e. The molecule has 2 aliphatic rings. The van der Waals surface area contributed by atoms with Gasteiger partial charge in [0.1, 0.15) is 0 Å². The SMILES string of the molecule is C1CNC(C2CC2)COC1. The van der Waals surface area contributed by atoms with Gasteiger partial charge in [0.05, 0.1) is 6.61 Å². The molecule has 2 heteroatoms. The van der Waals surface area contributed by atoms with Crippen LogP contribution in [0.2, 0.25) is 0 Å². The Balaban J connectivity index is 1.81. The van der Waals surface area contributed by atoms with Crippen molar-refractivity contribution in [1.29, 1.82) is 0 Å². The zero-order chi connectivity index (χ0) is 6.81. The Morgan fingerprint density at radius 2 is 2.20 bits per heavy atom. The van der Waals surface area contributed by atoms with Crippen LogP contribution in [0.5, 0.6) is 0 Å². The molecule has 58 valence electrons. The highest BCUT2D eigenvalue weighted by Gasteiger charge is 2.31. The first kappa shape index (κ1) is 6.62. The Morgan fingerprint density at radius 1 is 1.30 bits per heavy atom. The van der Waals surface area contributed by atoms with Gasteiger partial charge in [-0.1, -0.05) is 0 Å². The molecule has 10 heavy (non-hydrogen) atoms. The maximum atomic E-state index is 5.45. The predicted octanol–water partition coefficient (Wildman–Crippen LogP) is 0.775. The van der Waals surface area contributed by atoms with E-state index in [2.05, 4.69) is 5.32 Å². The van der Waals surface area contributed by atoms with Crippen LogP contribution in [0.15, 0.2) is 0 Å². The summed E-state index contributed by atoms with van der Waals surface area (Å²) in [5.41, 5.74) is 0. The third kappa shape index (κ3) is 1.50. The van der Waals surface area contributed by atoms with Crippen molar-refractivity contribution in [1.82, 2.24) is 5.32 Å². The van der Waals surface area contributed by atoms with Crippen LogP contribution in [0.25, 0.3) is 0 Å². The summed E-state index contributed by atoms with van der Waals surface area (Å²) in [5.74, 6) is 0.943. The van der Waals surface area contributed by atoms with Crippen LogP contribution in [-0.4, -0.2) is 25.8 Å². The molecule has 0 aromatic rings. The van der Waals surface area contributed by atoms with Gasteiger partial charge < -0.3 is 10.1 Å². The van der Waals surface area contributed by atoms with Crippen molar-refractivity contribution in [2.45, 2.75) is 25.3 Å². The van der Waals surface area contributed by atoms with Gasteiger partial charge >= 0.3 is 0 Å². The van der Waals surface area contributed by atoms with Crippen molar-refractivity contribution >= 4 is 0 Å². The summed E-state index contributed by atoms with van der Waals surface area (Å²) in [4.78, 5) is 0. The van der Waals surface area contributed by atoms with Crippen LogP contribution in [0.1, 0.15) is 19.3 Å². The first-order valence-electron chi connectivity index (χ1n) is 4.28. The molecular formula is C8H15NO. The van der Waals surface area contributed by atoms with Crippen molar-refractivity contribution < 1.29 is 4.74 Å². The molecule has 0 aromatic heterocycles. The molecule has 1 N–H and O–H groups in total. The van der Waals surface area contributed by atoms with Crippen LogP contribution in [0.3, 0.4) is 0 Å². The van der Waals surface area contributed by atoms with Gasteiger partial charge in [0.2, 0.25) is 0 Å². The Kier molecular flexibility index (Phi) is 1.91. The van der Waals surface area contributed by atoms with E-state index in [0.717, 1.165) is 25.7 Å². The lowest BCUT2D eigenvalue weighted by molar-refractivity contribution is 0.126. The number of ether oxygens (including phenoxy) is 1. The minimum absolute atomic E-state index is 0.683. The molecule has 0 radical (unpaired) electrons. The van der Waals surface area contributed by atoms with Crippen molar-refractivity contribution in [3.63, 3.8) is 0 Å². The number of rotatable bonds is 1. The van der Waals surface area contributed by atoms with Crippen molar-refractivity contribution in [3.05, 3.63) is 0 Å². The summed E-state index contributed by atoms with van der Waals surface area (Å²) in [5, 5.41) is 3.52. The number of hydrogen-bond donors (Lipinski definition) is 1. The van der Waals surface area contributed by atoms with Gasteiger partial charge in [-0.3, -0.25) is 0 Å². The molecule has 1 aliphatic carbocycles. The van der Waals surface area contributed by atoms with E-state index in [1.807, 2.05) is 0 Å². The van der Waals surface area contributed by atoms with Gasteiger partial charge in [0.15, 0.2) is 0 Å². The van der Waals surface area contributed by atoms with Crippen LogP contribution in [0.4, 0.5) is 0 Å². The second-order valence-corrected chi connectivity index (χ2v) is 3.33. The fraction of sp³-hybridized carbons (Fsp3) is 1.00. The van der Waals surface area contributed by atoms with Crippen LogP contribution < -0.4 is 5.32 Å². The minimum Gasteiger partial charge on any atom is -0.380 e. The molecule has 1 aliphatic heterocycles. The lowest BCUT2D eigenvalue weighted by atomic mass is 10.2. The highest BCUT2D eigenvalue weighted by atomic mass is 16.5. The van der Waals surface area contributed by atoms with Gasteiger partial charge in [-0.2, -0.15) is 0 Å². The summed E-state index contributed by atoms with van der Waals surface area (Å²) >= 11 is 0. The van der Waals surface area contributed by atoms with E-state index in [9.17, 15) is 0 Å². The van der Waals surface area contributed by atoms with Crippen LogP contribution in [0, 0.1) is 5.92 Å². The third-order valence-electron chi connectivity index (χ3n) is 2.36. The maximum absolute atomic E-state index is 5.45. The van der Waals surface area contributed by atoms with Gasteiger partial charge in [-0.25, -0.2) is 0 Å². The van der Waals surface area contributed by atoms with E-state index in [4.69, 9.17) is 4.74 Å². The van der Waals surface area contributed by atoms with Crippen LogP contribution in [-0.2, 0) is 4.74 Å². The molecule has 0 spiro atoms. The molecule has 1 atom stereocenters. The zero-order valence-electron chi connectivity index (χ0n) is 6.31. The molecule has 2 nitrogen and oxygen atoms in total. The van der Waals surface area contributed by atoms with Crippen molar-refractivity contribution in [2.75, 3.05) is 19.8 Å². The van der Waals surface area contributed by atoms with E-state index in [0.29, 0.717) is 6.04 Å².